The highest BCUT2D eigenvalue weighted by Gasteiger charge is 2.31. The highest BCUT2D eigenvalue weighted by Crippen LogP contribution is 2.35. The molecule has 1 aromatic carbocycles. The molecule has 10 nitrogen and oxygen atoms in total. The van der Waals surface area contributed by atoms with E-state index in [1.54, 1.807) is 13.8 Å². The zero-order chi connectivity index (χ0) is 25.1. The zero-order valence-corrected chi connectivity index (χ0v) is 20.7. The van der Waals surface area contributed by atoms with Crippen molar-refractivity contribution in [1.29, 1.82) is 0 Å². The molecule has 3 N–H and O–H groups in total. The van der Waals surface area contributed by atoms with Gasteiger partial charge in [-0.3, -0.25) is 4.68 Å². The van der Waals surface area contributed by atoms with Crippen LogP contribution in [-0.2, 0) is 6.54 Å². The molecule has 1 aliphatic heterocycles. The van der Waals surface area contributed by atoms with Crippen LogP contribution in [0.2, 0.25) is 0 Å². The molecule has 11 heteroatoms. The summed E-state index contributed by atoms with van der Waals surface area (Å²) in [6, 6.07) is 2.66. The van der Waals surface area contributed by atoms with Crippen LogP contribution in [0.1, 0.15) is 44.6 Å². The summed E-state index contributed by atoms with van der Waals surface area (Å²) in [6.07, 6.45) is 2.77. The fourth-order valence-corrected chi connectivity index (χ4v) is 5.02. The van der Waals surface area contributed by atoms with E-state index in [9.17, 15) is 9.50 Å². The molecule has 186 valence electrons. The number of nitrogens with zero attached hydrogens (tertiary/aromatic N) is 7. The van der Waals surface area contributed by atoms with Gasteiger partial charge in [-0.25, -0.2) is 14.4 Å². The highest BCUT2D eigenvalue weighted by atomic mass is 19.1. The lowest BCUT2D eigenvalue weighted by Crippen LogP contribution is -2.39. The molecular weight excluding hydrogens is 451 g/mol. The van der Waals surface area contributed by atoms with Gasteiger partial charge in [0.2, 0.25) is 5.95 Å². The topological polar surface area (TPSA) is 120 Å². The monoisotopic (exact) mass is 482 g/mol. The first-order valence-corrected chi connectivity index (χ1v) is 11.7. The van der Waals surface area contributed by atoms with E-state index in [4.69, 9.17) is 15.5 Å². The van der Waals surface area contributed by atoms with Crippen molar-refractivity contribution in [2.45, 2.75) is 52.2 Å². The van der Waals surface area contributed by atoms with Crippen molar-refractivity contribution in [3.8, 4) is 5.75 Å². The standard InChI is InChI=1S/C24H31FN8O2/c1-13-6-15(11-31(10-13)18-9-27-32(14(18)2)12-24(3,4)34)21-29-22-17-7-16(25)8-19(35-5)20(17)28-23(26)33(22)30-21/h7-9,13,15,34H,6,10-12H2,1-5H3,(H2,26,28)/t13-,15+/m0/s1. The number of nitrogens with two attached hydrogens (primary N) is 1. The second-order valence-electron chi connectivity index (χ2n) is 10.2. The molecule has 1 aliphatic rings. The van der Waals surface area contributed by atoms with Gasteiger partial charge in [0.05, 0.1) is 42.2 Å². The van der Waals surface area contributed by atoms with Gasteiger partial charge in [0.25, 0.3) is 0 Å². The summed E-state index contributed by atoms with van der Waals surface area (Å²) in [5.41, 5.74) is 8.30. The first-order chi connectivity index (χ1) is 16.5. The van der Waals surface area contributed by atoms with Crippen molar-refractivity contribution in [2.75, 3.05) is 30.8 Å². The Kier molecular flexibility index (Phi) is 5.54. The van der Waals surface area contributed by atoms with E-state index >= 15 is 0 Å². The fraction of sp³-hybridized carbons (Fsp3) is 0.500. The third kappa shape index (κ3) is 4.24. The second kappa shape index (κ2) is 8.33. The molecule has 4 heterocycles. The first-order valence-electron chi connectivity index (χ1n) is 11.7. The third-order valence-corrected chi connectivity index (χ3v) is 6.55. The lowest BCUT2D eigenvalue weighted by atomic mass is 9.89. The highest BCUT2D eigenvalue weighted by molar-refractivity contribution is 5.95. The van der Waals surface area contributed by atoms with Gasteiger partial charge in [-0.2, -0.15) is 9.61 Å². The average molecular weight is 483 g/mol. The van der Waals surface area contributed by atoms with Crippen molar-refractivity contribution in [1.82, 2.24) is 29.4 Å². The maximum atomic E-state index is 14.3. The Labute approximate surface area is 202 Å². The number of nitrogen functional groups attached to an aromatic ring is 1. The quantitative estimate of drug-likeness (QED) is 0.446. The predicted octanol–water partition coefficient (Wildman–Crippen LogP) is 2.91. The van der Waals surface area contributed by atoms with Crippen LogP contribution in [0, 0.1) is 18.7 Å². The van der Waals surface area contributed by atoms with Crippen LogP contribution in [0.15, 0.2) is 18.3 Å². The van der Waals surface area contributed by atoms with E-state index < -0.39 is 11.4 Å². The molecule has 0 bridgehead atoms. The number of anilines is 2. The summed E-state index contributed by atoms with van der Waals surface area (Å²) < 4.78 is 22.9. The van der Waals surface area contributed by atoms with Crippen molar-refractivity contribution < 1.29 is 14.2 Å². The van der Waals surface area contributed by atoms with Crippen LogP contribution >= 0.6 is 0 Å². The van der Waals surface area contributed by atoms with E-state index in [1.165, 1.54) is 23.8 Å². The molecule has 0 aliphatic carbocycles. The van der Waals surface area contributed by atoms with Crippen LogP contribution in [0.3, 0.4) is 0 Å². The van der Waals surface area contributed by atoms with E-state index in [0.29, 0.717) is 47.1 Å². The molecule has 3 aromatic heterocycles. The fourth-order valence-electron chi connectivity index (χ4n) is 5.02. The molecule has 0 unspecified atom stereocenters. The SMILES string of the molecule is COc1cc(F)cc2c1nc(N)n1nc([C@@H]3C[C@H](C)CN(c4cnn(CC(C)(C)O)c4C)C3)nc21. The van der Waals surface area contributed by atoms with Gasteiger partial charge in [0.15, 0.2) is 11.5 Å². The molecule has 0 radical (unpaired) electrons. The molecule has 1 saturated heterocycles. The average Bonchev–Trinajstić information content (AvgIpc) is 3.38. The number of rotatable bonds is 5. The summed E-state index contributed by atoms with van der Waals surface area (Å²) in [7, 11) is 1.47. The Morgan fingerprint density at radius 2 is 2.03 bits per heavy atom. The van der Waals surface area contributed by atoms with Crippen molar-refractivity contribution in [3.05, 3.63) is 35.7 Å². The van der Waals surface area contributed by atoms with Crippen molar-refractivity contribution in [2.24, 2.45) is 5.92 Å². The number of piperidine rings is 1. The molecule has 0 amide bonds. The van der Waals surface area contributed by atoms with Crippen LogP contribution < -0.4 is 15.4 Å². The van der Waals surface area contributed by atoms with Crippen LogP contribution in [-0.4, -0.2) is 60.3 Å². The lowest BCUT2D eigenvalue weighted by molar-refractivity contribution is 0.0571. The molecule has 5 rings (SSSR count). The minimum atomic E-state index is -0.856. The zero-order valence-electron chi connectivity index (χ0n) is 20.7. The number of aliphatic hydroxyl groups is 1. The molecule has 1 fully saturated rings. The summed E-state index contributed by atoms with van der Waals surface area (Å²) in [4.78, 5) is 11.5. The van der Waals surface area contributed by atoms with Gasteiger partial charge in [-0.05, 0) is 39.2 Å². The Morgan fingerprint density at radius 3 is 2.74 bits per heavy atom. The van der Waals surface area contributed by atoms with Gasteiger partial charge in [0, 0.05) is 25.1 Å². The number of benzene rings is 1. The minimum absolute atomic E-state index is 0.0422. The maximum absolute atomic E-state index is 14.3. The Bertz CT molecular complexity index is 1410. The maximum Gasteiger partial charge on any atom is 0.223 e. The number of methoxy groups -OCH3 is 1. The second-order valence-corrected chi connectivity index (χ2v) is 10.2. The summed E-state index contributed by atoms with van der Waals surface area (Å²) in [6.45, 7) is 9.77. The van der Waals surface area contributed by atoms with E-state index in [0.717, 1.165) is 24.3 Å². The van der Waals surface area contributed by atoms with E-state index in [1.807, 2.05) is 17.8 Å². The van der Waals surface area contributed by atoms with Crippen molar-refractivity contribution >= 4 is 28.2 Å². The number of hydrogen-bond acceptors (Lipinski definition) is 8. The van der Waals surface area contributed by atoms with Crippen molar-refractivity contribution in [3.63, 3.8) is 0 Å². The smallest absolute Gasteiger partial charge is 0.223 e. The van der Waals surface area contributed by atoms with Gasteiger partial charge in [0.1, 0.15) is 17.1 Å². The Morgan fingerprint density at radius 1 is 1.26 bits per heavy atom. The first kappa shape index (κ1) is 23.3. The minimum Gasteiger partial charge on any atom is -0.494 e. The Balaban J connectivity index is 1.52. The largest absolute Gasteiger partial charge is 0.494 e. The summed E-state index contributed by atoms with van der Waals surface area (Å²) >= 11 is 0. The van der Waals surface area contributed by atoms with E-state index in [-0.39, 0.29) is 11.9 Å². The molecule has 0 saturated carbocycles. The number of hydrogen-bond donors (Lipinski definition) is 2. The predicted molar refractivity (Wildman–Crippen MR) is 131 cm³/mol. The van der Waals surface area contributed by atoms with Gasteiger partial charge in [-0.1, -0.05) is 6.92 Å². The summed E-state index contributed by atoms with van der Waals surface area (Å²) in [5, 5.41) is 19.9. The third-order valence-electron chi connectivity index (χ3n) is 6.55. The van der Waals surface area contributed by atoms with E-state index in [2.05, 4.69) is 27.0 Å². The normalized spacial score (nSPS) is 19.1. The number of aromatic nitrogens is 6. The van der Waals surface area contributed by atoms with Gasteiger partial charge >= 0.3 is 0 Å². The molecule has 0 spiro atoms. The molecular formula is C24H31FN8O2. The molecule has 2 atom stereocenters. The van der Waals surface area contributed by atoms with Gasteiger partial charge < -0.3 is 20.5 Å². The molecule has 35 heavy (non-hydrogen) atoms. The lowest BCUT2D eigenvalue weighted by Gasteiger charge is -2.36. The molecule has 4 aromatic rings. The van der Waals surface area contributed by atoms with Crippen LogP contribution in [0.5, 0.6) is 5.75 Å². The number of halogens is 1. The number of fused-ring (bicyclic) bond motifs is 3. The van der Waals surface area contributed by atoms with Crippen LogP contribution in [0.25, 0.3) is 16.6 Å². The number of ether oxygens (including phenoxy) is 1. The van der Waals surface area contributed by atoms with Gasteiger partial charge in [-0.15, -0.1) is 5.10 Å². The summed E-state index contributed by atoms with van der Waals surface area (Å²) in [5.74, 6) is 1.11. The Hall–Kier alpha value is -3.47. The van der Waals surface area contributed by atoms with Crippen LogP contribution in [0.4, 0.5) is 16.0 Å².